The molecule has 0 fully saturated rings. The van der Waals surface area contributed by atoms with Gasteiger partial charge in [-0.25, -0.2) is 0 Å². The number of hydrogen-bond donors (Lipinski definition) is 0. The normalized spacial score (nSPS) is 10.6. The van der Waals surface area contributed by atoms with E-state index in [-0.39, 0.29) is 6.61 Å². The van der Waals surface area contributed by atoms with E-state index in [4.69, 9.17) is 4.74 Å². The van der Waals surface area contributed by atoms with Crippen molar-refractivity contribution in [3.05, 3.63) is 42.5 Å². The highest BCUT2D eigenvalue weighted by molar-refractivity contribution is 5.83. The first-order valence-corrected chi connectivity index (χ1v) is 5.25. The van der Waals surface area contributed by atoms with Crippen molar-refractivity contribution in [1.82, 2.24) is 0 Å². The van der Waals surface area contributed by atoms with Crippen molar-refractivity contribution in [2.24, 2.45) is 0 Å². The number of ether oxygens (including phenoxy) is 1. The van der Waals surface area contributed by atoms with Gasteiger partial charge in [0.1, 0.15) is 5.75 Å². The second-order valence-electron chi connectivity index (χ2n) is 3.52. The van der Waals surface area contributed by atoms with Crippen LogP contribution in [0.15, 0.2) is 42.5 Å². The van der Waals surface area contributed by atoms with Gasteiger partial charge in [-0.15, -0.1) is 0 Å². The topological polar surface area (TPSA) is 18.5 Å². The Bertz CT molecular complexity index is 456. The Labute approximate surface area is 93.5 Å². The first kappa shape index (κ1) is 10.9. The summed E-state index contributed by atoms with van der Waals surface area (Å²) in [6.45, 7) is 0.538. The highest BCUT2D eigenvalue weighted by Crippen LogP contribution is 2.20. The molecule has 0 aliphatic heterocycles. The highest BCUT2D eigenvalue weighted by Gasteiger charge is 1.96. The van der Waals surface area contributed by atoms with Crippen LogP contribution in [0.5, 0.6) is 5.75 Å². The molecule has 0 bridgehead atoms. The molecule has 0 N–H and O–H groups in total. The lowest BCUT2D eigenvalue weighted by Gasteiger charge is -2.06. The molecule has 0 radical (unpaired) electrons. The number of fused-ring (bicyclic) bond motifs is 1. The van der Waals surface area contributed by atoms with E-state index in [1.165, 1.54) is 5.39 Å². The van der Waals surface area contributed by atoms with E-state index in [0.717, 1.165) is 11.1 Å². The molecule has 0 unspecified atom stereocenters. The summed E-state index contributed by atoms with van der Waals surface area (Å²) in [4.78, 5) is 3.47. The molecule has 84 valence electrons. The Morgan fingerprint density at radius 2 is 1.75 bits per heavy atom. The van der Waals surface area contributed by atoms with E-state index >= 15 is 0 Å². The van der Waals surface area contributed by atoms with Crippen LogP contribution in [0.1, 0.15) is 6.42 Å². The van der Waals surface area contributed by atoms with Gasteiger partial charge in [-0.05, 0) is 27.4 Å². The lowest BCUT2D eigenvalue weighted by atomic mass is 10.1. The van der Waals surface area contributed by atoms with Crippen molar-refractivity contribution in [3.63, 3.8) is 0 Å². The van der Waals surface area contributed by atoms with Gasteiger partial charge in [-0.3, -0.25) is 0 Å². The molecule has 0 saturated heterocycles. The van der Waals surface area contributed by atoms with Crippen molar-refractivity contribution in [2.75, 3.05) is 13.2 Å². The smallest absolute Gasteiger partial charge is 0.119 e. The third kappa shape index (κ3) is 2.70. The Balaban J connectivity index is 2.02. The zero-order chi connectivity index (χ0) is 11.2. The maximum absolute atomic E-state index is 11.4. The van der Waals surface area contributed by atoms with Gasteiger partial charge in [0.15, 0.2) is 0 Å². The van der Waals surface area contributed by atoms with Gasteiger partial charge in [0.2, 0.25) is 0 Å². The summed E-state index contributed by atoms with van der Waals surface area (Å²) in [7, 11) is 0. The minimum absolute atomic E-state index is 0.0770. The number of halogens is 1. The summed E-state index contributed by atoms with van der Waals surface area (Å²) in [5.74, 6) is 0.803. The molecule has 0 spiro atoms. The molecule has 16 heavy (non-hydrogen) atoms. The van der Waals surface area contributed by atoms with Gasteiger partial charge in [0.05, 0.1) is 13.2 Å². The van der Waals surface area contributed by atoms with Gasteiger partial charge in [0.25, 0.3) is 0 Å². The first-order valence-electron chi connectivity index (χ1n) is 5.25. The fraction of sp³-hybridized carbons (Fsp3) is 0.231. The molecular weight excluding hydrogens is 207 g/mol. The molecule has 2 aromatic rings. The molecule has 0 heterocycles. The van der Waals surface area contributed by atoms with Crippen LogP contribution in [0.25, 0.3) is 10.8 Å². The molecule has 0 saturated carbocycles. The van der Waals surface area contributed by atoms with E-state index in [9.17, 15) is 4.53 Å². The lowest BCUT2D eigenvalue weighted by molar-refractivity contribution is -0.134. The fourth-order valence-electron chi connectivity index (χ4n) is 1.56. The number of hydrogen-bond acceptors (Lipinski definition) is 2. The van der Waals surface area contributed by atoms with Crippen molar-refractivity contribution >= 4 is 10.8 Å². The molecule has 0 aromatic heterocycles. The monoisotopic (exact) mass is 220 g/mol. The van der Waals surface area contributed by atoms with Crippen molar-refractivity contribution < 1.29 is 14.2 Å². The van der Waals surface area contributed by atoms with Crippen LogP contribution in [0.2, 0.25) is 0 Å². The largest absolute Gasteiger partial charge is 0.493 e. The van der Waals surface area contributed by atoms with Crippen molar-refractivity contribution in [1.29, 1.82) is 0 Å². The van der Waals surface area contributed by atoms with Gasteiger partial charge in [0, 0.05) is 6.42 Å². The summed E-state index contributed by atoms with van der Waals surface area (Å²) in [5, 5.41) is 2.32. The molecule has 0 atom stereocenters. The summed E-state index contributed by atoms with van der Waals surface area (Å²) in [6, 6.07) is 14.0. The molecule has 2 rings (SSSR count). The molecule has 0 aliphatic carbocycles. The van der Waals surface area contributed by atoms with Crippen LogP contribution in [-0.2, 0) is 4.94 Å². The van der Waals surface area contributed by atoms with Crippen LogP contribution in [0, 0.1) is 0 Å². The number of rotatable bonds is 5. The van der Waals surface area contributed by atoms with E-state index in [1.54, 1.807) is 0 Å². The van der Waals surface area contributed by atoms with Gasteiger partial charge < -0.3 is 4.74 Å². The average molecular weight is 220 g/mol. The van der Waals surface area contributed by atoms with Gasteiger partial charge in [-0.1, -0.05) is 30.3 Å². The standard InChI is InChI=1S/C13H13FO2/c14-16-9-3-8-15-13-7-6-11-4-1-2-5-12(11)10-13/h1-2,4-7,10H,3,8-9H2. The Hall–Kier alpha value is -1.61. The summed E-state index contributed by atoms with van der Waals surface area (Å²) in [6.07, 6.45) is 0.545. The minimum Gasteiger partial charge on any atom is -0.493 e. The maximum Gasteiger partial charge on any atom is 0.119 e. The molecule has 0 amide bonds. The van der Waals surface area contributed by atoms with E-state index in [1.807, 2.05) is 36.4 Å². The molecule has 2 aromatic carbocycles. The zero-order valence-corrected chi connectivity index (χ0v) is 8.86. The summed E-state index contributed by atoms with van der Waals surface area (Å²) >= 11 is 0. The van der Waals surface area contributed by atoms with Gasteiger partial charge >= 0.3 is 0 Å². The fourth-order valence-corrected chi connectivity index (χ4v) is 1.56. The Morgan fingerprint density at radius 1 is 0.938 bits per heavy atom. The van der Waals surface area contributed by atoms with Crippen LogP contribution in [-0.4, -0.2) is 13.2 Å². The Kier molecular flexibility index (Phi) is 3.72. The summed E-state index contributed by atoms with van der Waals surface area (Å²) in [5.41, 5.74) is 0. The van der Waals surface area contributed by atoms with Gasteiger partial charge in [-0.2, -0.15) is 4.94 Å². The molecular formula is C13H13FO2. The number of benzene rings is 2. The second-order valence-corrected chi connectivity index (χ2v) is 3.52. The van der Waals surface area contributed by atoms with Crippen LogP contribution in [0.3, 0.4) is 0 Å². The van der Waals surface area contributed by atoms with E-state index < -0.39 is 0 Å². The zero-order valence-electron chi connectivity index (χ0n) is 8.86. The molecule has 3 heteroatoms. The van der Waals surface area contributed by atoms with Crippen molar-refractivity contribution in [3.8, 4) is 5.75 Å². The quantitative estimate of drug-likeness (QED) is 0.718. The van der Waals surface area contributed by atoms with E-state index in [0.29, 0.717) is 13.0 Å². The maximum atomic E-state index is 11.4. The molecule has 2 nitrogen and oxygen atoms in total. The van der Waals surface area contributed by atoms with Crippen LogP contribution < -0.4 is 4.74 Å². The van der Waals surface area contributed by atoms with Crippen LogP contribution in [0.4, 0.5) is 4.53 Å². The summed E-state index contributed by atoms with van der Waals surface area (Å²) < 4.78 is 16.8. The van der Waals surface area contributed by atoms with Crippen LogP contribution >= 0.6 is 0 Å². The SMILES string of the molecule is FOCCCOc1ccc2ccccc2c1. The third-order valence-electron chi connectivity index (χ3n) is 2.36. The Morgan fingerprint density at radius 3 is 2.56 bits per heavy atom. The third-order valence-corrected chi connectivity index (χ3v) is 2.36. The highest BCUT2D eigenvalue weighted by atomic mass is 19.3. The predicted molar refractivity (Wildman–Crippen MR) is 61.1 cm³/mol. The van der Waals surface area contributed by atoms with E-state index in [2.05, 4.69) is 11.0 Å². The average Bonchev–Trinajstić information content (AvgIpc) is 2.34. The lowest BCUT2D eigenvalue weighted by Crippen LogP contribution is -2.00. The second kappa shape index (κ2) is 5.47. The predicted octanol–water partition coefficient (Wildman–Crippen LogP) is 3.51. The van der Waals surface area contributed by atoms with Crippen molar-refractivity contribution in [2.45, 2.75) is 6.42 Å². The first-order chi connectivity index (χ1) is 7.90. The molecule has 0 aliphatic rings. The minimum atomic E-state index is 0.0770.